The molecule has 1 aromatic carbocycles. The molecule has 0 N–H and O–H groups in total. The van der Waals surface area contributed by atoms with E-state index in [1.54, 1.807) is 4.52 Å². The van der Waals surface area contributed by atoms with Crippen LogP contribution in [-0.4, -0.2) is 24.6 Å². The lowest BCUT2D eigenvalue weighted by Crippen LogP contribution is -1.92. The Kier molecular flexibility index (Phi) is 2.46. The van der Waals surface area contributed by atoms with Gasteiger partial charge in [-0.3, -0.25) is 4.57 Å². The molecule has 0 saturated heterocycles. The van der Waals surface area contributed by atoms with Crippen molar-refractivity contribution in [2.24, 2.45) is 7.05 Å². The zero-order valence-electron chi connectivity index (χ0n) is 8.91. The minimum Gasteiger partial charge on any atom is -0.408 e. The fourth-order valence-electron chi connectivity index (χ4n) is 1.81. The van der Waals surface area contributed by atoms with Crippen molar-refractivity contribution in [1.29, 1.82) is 0 Å². The molecule has 0 fully saturated rings. The largest absolute Gasteiger partial charge is 0.408 e. The first-order chi connectivity index (χ1) is 8.33. The first-order valence-electron chi connectivity index (χ1n) is 4.93. The number of hydrogen-bond acceptors (Lipinski definition) is 4. The van der Waals surface area contributed by atoms with Gasteiger partial charge in [-0.1, -0.05) is 35.4 Å². The summed E-state index contributed by atoms with van der Waals surface area (Å²) in [5.74, 6) is 1.35. The molecule has 17 heavy (non-hydrogen) atoms. The molecule has 0 spiro atoms. The van der Waals surface area contributed by atoms with Gasteiger partial charge in [0.05, 0.1) is 0 Å². The number of aryl methyl sites for hydroxylation is 1. The van der Waals surface area contributed by atoms with Crippen molar-refractivity contribution in [3.05, 3.63) is 30.3 Å². The summed E-state index contributed by atoms with van der Waals surface area (Å²) in [7, 11) is 1.87. The second-order valence-electron chi connectivity index (χ2n) is 3.55. The molecule has 0 aliphatic carbocycles. The van der Waals surface area contributed by atoms with E-state index in [1.807, 2.05) is 65.0 Å². The predicted octanol–water partition coefficient (Wildman–Crippen LogP) is 1.86. The summed E-state index contributed by atoms with van der Waals surface area (Å²) in [4.78, 5) is 0. The molecule has 2 aromatic heterocycles. The smallest absolute Gasteiger partial charge is 0.257 e. The Morgan fingerprint density at radius 3 is 2.71 bits per heavy atom. The number of hydrogen-bond donors (Lipinski definition) is 0. The summed E-state index contributed by atoms with van der Waals surface area (Å²) in [6.45, 7) is 0. The van der Waals surface area contributed by atoms with Gasteiger partial charge in [0.25, 0.3) is 5.78 Å². The molecule has 3 aromatic rings. The maximum absolute atomic E-state index is 5.38. The van der Waals surface area contributed by atoms with Crippen molar-refractivity contribution in [2.75, 3.05) is 0 Å². The van der Waals surface area contributed by atoms with Crippen LogP contribution in [0.4, 0.5) is 0 Å². The molecule has 0 saturated carbocycles. The molecule has 0 bridgehead atoms. The third-order valence-electron chi connectivity index (χ3n) is 2.59. The van der Waals surface area contributed by atoms with Gasteiger partial charge in [-0.15, -0.1) is 0 Å². The van der Waals surface area contributed by atoms with Crippen LogP contribution in [0.2, 0.25) is 0 Å². The molecule has 2 heterocycles. The van der Waals surface area contributed by atoms with Crippen LogP contribution in [0.1, 0.15) is 0 Å². The van der Waals surface area contributed by atoms with Crippen molar-refractivity contribution in [3.8, 4) is 17.1 Å². The number of rotatable bonds is 2. The highest BCUT2D eigenvalue weighted by Crippen LogP contribution is 2.32. The normalized spacial score (nSPS) is 10.9. The number of halogens is 1. The minimum atomic E-state index is 0.649. The molecule has 0 radical (unpaired) electrons. The number of nitrogens with zero attached hydrogens (tertiary/aromatic N) is 5. The summed E-state index contributed by atoms with van der Waals surface area (Å²) in [5, 5.41) is 11.6. The van der Waals surface area contributed by atoms with Crippen molar-refractivity contribution in [2.45, 2.75) is 0 Å². The molecule has 6 nitrogen and oxygen atoms in total. The zero-order valence-corrected chi connectivity index (χ0v) is 11.1. The second kappa shape index (κ2) is 3.99. The minimum absolute atomic E-state index is 0.649. The van der Waals surface area contributed by atoms with E-state index in [0.717, 1.165) is 11.3 Å². The fraction of sp³-hybridized carbons (Fsp3) is 0.100. The van der Waals surface area contributed by atoms with E-state index in [0.29, 0.717) is 11.7 Å². The van der Waals surface area contributed by atoms with Gasteiger partial charge < -0.3 is 3.07 Å². The fourth-order valence-corrected chi connectivity index (χ4v) is 2.31. The van der Waals surface area contributed by atoms with Crippen LogP contribution in [0, 0.1) is 0 Å². The lowest BCUT2D eigenvalue weighted by molar-refractivity contribution is 0.637. The zero-order chi connectivity index (χ0) is 11.8. The molecule has 7 heteroatoms. The highest BCUT2D eigenvalue weighted by molar-refractivity contribution is 14.1. The number of imidazole rings is 1. The van der Waals surface area contributed by atoms with E-state index >= 15 is 0 Å². The maximum Gasteiger partial charge on any atom is 0.257 e. The second-order valence-corrected chi connectivity index (χ2v) is 3.99. The van der Waals surface area contributed by atoms with Crippen LogP contribution < -0.4 is 3.07 Å². The summed E-state index contributed by atoms with van der Waals surface area (Å²) >= 11 is 1.85. The molecule has 0 amide bonds. The quantitative estimate of drug-likeness (QED) is 0.668. The van der Waals surface area contributed by atoms with E-state index in [1.165, 1.54) is 0 Å². The van der Waals surface area contributed by atoms with Crippen molar-refractivity contribution < 1.29 is 3.07 Å². The maximum atomic E-state index is 5.38. The Balaban J connectivity index is 2.38. The van der Waals surface area contributed by atoms with E-state index in [2.05, 4.69) is 15.5 Å². The lowest BCUT2D eigenvalue weighted by atomic mass is 10.2. The first-order valence-corrected chi connectivity index (χ1v) is 5.82. The summed E-state index contributed by atoms with van der Waals surface area (Å²) in [6, 6.07) is 9.89. The van der Waals surface area contributed by atoms with Gasteiger partial charge in [-0.05, 0) is 10.4 Å². The van der Waals surface area contributed by atoms with Crippen LogP contribution in [0.15, 0.2) is 30.3 Å². The Hall–Kier alpha value is -1.64. The third kappa shape index (κ3) is 1.49. The summed E-state index contributed by atoms with van der Waals surface area (Å²) in [6.07, 6.45) is 0. The van der Waals surface area contributed by atoms with Gasteiger partial charge >= 0.3 is 0 Å². The molecular weight excluding hydrogens is 333 g/mol. The summed E-state index contributed by atoms with van der Waals surface area (Å²) < 4.78 is 8.86. The van der Waals surface area contributed by atoms with Gasteiger partial charge in [-0.25, -0.2) is 0 Å². The van der Waals surface area contributed by atoms with E-state index in [4.69, 9.17) is 3.07 Å². The first kappa shape index (κ1) is 10.5. The molecule has 0 aliphatic heterocycles. The third-order valence-corrected chi connectivity index (χ3v) is 3.01. The molecule has 86 valence electrons. The monoisotopic (exact) mass is 341 g/mol. The van der Waals surface area contributed by atoms with Crippen LogP contribution >= 0.6 is 23.0 Å². The van der Waals surface area contributed by atoms with Crippen molar-refractivity contribution >= 4 is 28.8 Å². The Morgan fingerprint density at radius 2 is 2.00 bits per heavy atom. The summed E-state index contributed by atoms with van der Waals surface area (Å²) in [5.41, 5.74) is 1.86. The highest BCUT2D eigenvalue weighted by Gasteiger charge is 2.20. The van der Waals surface area contributed by atoms with Gasteiger partial charge in [0.1, 0.15) is 5.69 Å². The van der Waals surface area contributed by atoms with E-state index in [9.17, 15) is 0 Å². The van der Waals surface area contributed by atoms with Crippen LogP contribution in [0.3, 0.4) is 0 Å². The molecule has 0 atom stereocenters. The standard InChI is InChI=1S/C10H8IN5O/c1-15-9(17-11)8(7-5-3-2-4-6-7)16-10(15)12-13-14-16/h2-6H,1H3. The predicted molar refractivity (Wildman–Crippen MR) is 69.8 cm³/mol. The van der Waals surface area contributed by atoms with Crippen LogP contribution in [0.25, 0.3) is 17.0 Å². The Labute approximate surface area is 111 Å². The Bertz CT molecular complexity index is 660. The highest BCUT2D eigenvalue weighted by atomic mass is 127. The van der Waals surface area contributed by atoms with Gasteiger partial charge in [0.2, 0.25) is 5.88 Å². The topological polar surface area (TPSA) is 57.2 Å². The molecule has 3 rings (SSSR count). The molecule has 0 aliphatic rings. The van der Waals surface area contributed by atoms with Crippen LogP contribution in [0.5, 0.6) is 5.88 Å². The van der Waals surface area contributed by atoms with E-state index in [-0.39, 0.29) is 0 Å². The SMILES string of the molecule is Cn1c(OI)c(-c2ccccc2)n2nnnc12. The average molecular weight is 341 g/mol. The van der Waals surface area contributed by atoms with Gasteiger partial charge in [0.15, 0.2) is 23.0 Å². The number of benzene rings is 1. The van der Waals surface area contributed by atoms with Gasteiger partial charge in [-0.2, -0.15) is 4.52 Å². The number of tetrazole rings is 1. The van der Waals surface area contributed by atoms with E-state index < -0.39 is 0 Å². The average Bonchev–Trinajstić information content (AvgIpc) is 2.92. The van der Waals surface area contributed by atoms with Crippen molar-refractivity contribution in [3.63, 3.8) is 0 Å². The Morgan fingerprint density at radius 1 is 1.24 bits per heavy atom. The van der Waals surface area contributed by atoms with Gasteiger partial charge in [0, 0.05) is 12.6 Å². The van der Waals surface area contributed by atoms with Crippen LogP contribution in [-0.2, 0) is 7.05 Å². The molecule has 0 unspecified atom stereocenters. The number of fused-ring (bicyclic) bond motifs is 1. The van der Waals surface area contributed by atoms with Crippen molar-refractivity contribution in [1.82, 2.24) is 24.6 Å². The molecular formula is C10H8IN5O. The lowest BCUT2D eigenvalue weighted by Gasteiger charge is -2.02. The number of aromatic nitrogens is 5.